The number of anilines is 1. The molecule has 1 aliphatic carbocycles. The molecule has 45 heavy (non-hydrogen) atoms. The maximum atomic E-state index is 13.6. The van der Waals surface area contributed by atoms with Crippen LogP contribution in [0.4, 0.5) is 5.69 Å². The van der Waals surface area contributed by atoms with Crippen LogP contribution in [-0.4, -0.2) is 46.1 Å². The highest BCUT2D eigenvalue weighted by Crippen LogP contribution is 2.28. The number of hydrogen-bond acceptors (Lipinski definition) is 8. The number of carbonyl (C=O) groups excluding carboxylic acids is 2. The molecule has 2 heterocycles. The van der Waals surface area contributed by atoms with Crippen LogP contribution >= 0.6 is 0 Å². The van der Waals surface area contributed by atoms with Crippen LogP contribution in [0.1, 0.15) is 51.0 Å². The number of aromatic amines is 1. The summed E-state index contributed by atoms with van der Waals surface area (Å²) < 4.78 is 10.2. The lowest BCUT2D eigenvalue weighted by Crippen LogP contribution is -2.48. The molecule has 0 radical (unpaired) electrons. The van der Waals surface area contributed by atoms with Gasteiger partial charge in [-0.3, -0.25) is 19.1 Å². The minimum absolute atomic E-state index is 0.111. The van der Waals surface area contributed by atoms with Crippen LogP contribution in [0.3, 0.4) is 0 Å². The Morgan fingerprint density at radius 3 is 2.33 bits per heavy atom. The molecule has 11 nitrogen and oxygen atoms in total. The van der Waals surface area contributed by atoms with Crippen LogP contribution in [0, 0.1) is 11.8 Å². The van der Waals surface area contributed by atoms with E-state index in [0.717, 1.165) is 55.2 Å². The summed E-state index contributed by atoms with van der Waals surface area (Å²) in [6.07, 6.45) is 7.51. The van der Waals surface area contributed by atoms with Gasteiger partial charge in [0.1, 0.15) is 6.04 Å². The van der Waals surface area contributed by atoms with E-state index in [2.05, 4.69) is 37.2 Å². The molecule has 0 saturated heterocycles. The number of carbonyl (C=O) groups is 2. The fourth-order valence-corrected chi connectivity index (χ4v) is 5.48. The molecule has 2 aromatic carbocycles. The van der Waals surface area contributed by atoms with Crippen LogP contribution in [0.15, 0.2) is 76.2 Å². The number of benzene rings is 2. The highest BCUT2D eigenvalue weighted by atomic mass is 16.5. The summed E-state index contributed by atoms with van der Waals surface area (Å²) in [5.74, 6) is 0.122. The van der Waals surface area contributed by atoms with Gasteiger partial charge in [0.15, 0.2) is 5.82 Å². The van der Waals surface area contributed by atoms with Gasteiger partial charge in [-0.2, -0.15) is 0 Å². The van der Waals surface area contributed by atoms with E-state index < -0.39 is 11.8 Å². The number of rotatable bonds is 13. The van der Waals surface area contributed by atoms with Gasteiger partial charge in [0.2, 0.25) is 17.7 Å². The van der Waals surface area contributed by atoms with Crippen LogP contribution in [0.5, 0.6) is 5.88 Å². The summed E-state index contributed by atoms with van der Waals surface area (Å²) >= 11 is 0. The van der Waals surface area contributed by atoms with E-state index >= 15 is 0 Å². The van der Waals surface area contributed by atoms with Crippen molar-refractivity contribution < 1.29 is 18.8 Å². The standard InChI is InChI=1S/C34H40N6O5/c1-2-3-18-44-30-17-14-27(21-36-30)24-8-4-22(5-9-24)19-29(38-32(41)26-10-6-23(20-35)7-11-26)33(42)37-28-15-12-25(13-16-28)31-39-34(43)45-40-31/h4-5,8-9,12-17,21,23,26,29H,2-3,6-7,10-11,18-20,35H2,1H3,(H,37,42)(H,38,41)(H,39,40,43). The van der Waals surface area contributed by atoms with E-state index in [4.69, 9.17) is 10.5 Å². The third-order valence-corrected chi connectivity index (χ3v) is 8.26. The highest BCUT2D eigenvalue weighted by molar-refractivity contribution is 5.97. The Balaban J connectivity index is 1.27. The summed E-state index contributed by atoms with van der Waals surface area (Å²) in [5, 5.41) is 9.65. The monoisotopic (exact) mass is 612 g/mol. The highest BCUT2D eigenvalue weighted by Gasteiger charge is 2.29. The van der Waals surface area contributed by atoms with E-state index in [1.807, 2.05) is 36.4 Å². The molecule has 0 aliphatic heterocycles. The molecule has 11 heteroatoms. The number of nitrogens with zero attached hydrogens (tertiary/aromatic N) is 2. The van der Waals surface area contributed by atoms with Crippen LogP contribution in [-0.2, 0) is 16.0 Å². The van der Waals surface area contributed by atoms with Gasteiger partial charge >= 0.3 is 5.76 Å². The van der Waals surface area contributed by atoms with Gasteiger partial charge in [-0.05, 0) is 86.0 Å². The summed E-state index contributed by atoms with van der Waals surface area (Å²) in [6.45, 7) is 3.40. The zero-order valence-corrected chi connectivity index (χ0v) is 25.5. The van der Waals surface area contributed by atoms with Gasteiger partial charge in [0.05, 0.1) is 6.61 Å². The Kier molecular flexibility index (Phi) is 10.8. The predicted octanol–water partition coefficient (Wildman–Crippen LogP) is 4.70. The molecule has 1 fully saturated rings. The fraction of sp³-hybridized carbons (Fsp3) is 0.382. The molecule has 236 valence electrons. The molecule has 5 N–H and O–H groups in total. The maximum Gasteiger partial charge on any atom is 0.439 e. The number of amides is 2. The predicted molar refractivity (Wildman–Crippen MR) is 171 cm³/mol. The number of nitrogens with one attached hydrogen (secondary N) is 3. The molecule has 4 aromatic rings. The van der Waals surface area contributed by atoms with Gasteiger partial charge in [-0.25, -0.2) is 9.78 Å². The lowest BCUT2D eigenvalue weighted by molar-refractivity contribution is -0.130. The first kappa shape index (κ1) is 31.6. The van der Waals surface area contributed by atoms with Crippen LogP contribution in [0.25, 0.3) is 22.5 Å². The SMILES string of the molecule is CCCCOc1ccc(-c2ccc(CC(NC(=O)C3CCC(CN)CC3)C(=O)Nc3ccc(-c4noc(=O)[nH]4)cc3)cc2)cn1. The van der Waals surface area contributed by atoms with Crippen molar-refractivity contribution in [1.82, 2.24) is 20.4 Å². The summed E-state index contributed by atoms with van der Waals surface area (Å²) in [7, 11) is 0. The number of ether oxygens (including phenoxy) is 1. The Labute approximate surface area is 262 Å². The number of hydrogen-bond donors (Lipinski definition) is 4. The Morgan fingerprint density at radius 2 is 1.71 bits per heavy atom. The maximum absolute atomic E-state index is 13.6. The van der Waals surface area contributed by atoms with Gasteiger partial charge in [0.25, 0.3) is 0 Å². The Morgan fingerprint density at radius 1 is 1.00 bits per heavy atom. The number of aromatic nitrogens is 3. The van der Waals surface area contributed by atoms with Gasteiger partial charge in [-0.1, -0.05) is 42.8 Å². The molecule has 0 spiro atoms. The average Bonchev–Trinajstić information content (AvgIpc) is 3.51. The summed E-state index contributed by atoms with van der Waals surface area (Å²) in [6, 6.07) is 17.8. The van der Waals surface area contributed by atoms with Gasteiger partial charge < -0.3 is 21.1 Å². The van der Waals surface area contributed by atoms with E-state index in [1.54, 1.807) is 30.5 Å². The number of unbranched alkanes of at least 4 members (excludes halogenated alkanes) is 1. The Hall–Kier alpha value is -4.77. The van der Waals surface area contributed by atoms with Crippen molar-refractivity contribution in [2.45, 2.75) is 57.9 Å². The molecule has 5 rings (SSSR count). The third kappa shape index (κ3) is 8.66. The first-order valence-corrected chi connectivity index (χ1v) is 15.6. The van der Waals surface area contributed by atoms with Crippen molar-refractivity contribution in [3.8, 4) is 28.4 Å². The second-order valence-corrected chi connectivity index (χ2v) is 11.5. The summed E-state index contributed by atoms with van der Waals surface area (Å²) in [5.41, 5.74) is 9.86. The van der Waals surface area contributed by atoms with E-state index in [9.17, 15) is 14.4 Å². The smallest absolute Gasteiger partial charge is 0.439 e. The molecule has 1 aliphatic rings. The van der Waals surface area contributed by atoms with Crippen LogP contribution < -0.4 is 26.9 Å². The second kappa shape index (κ2) is 15.3. The van der Waals surface area contributed by atoms with Crippen molar-refractivity contribution in [2.75, 3.05) is 18.5 Å². The molecule has 2 aromatic heterocycles. The normalized spacial score (nSPS) is 16.9. The molecule has 2 amide bonds. The molecule has 1 unspecified atom stereocenters. The number of nitrogens with two attached hydrogens (primary N) is 1. The molecule has 1 atom stereocenters. The third-order valence-electron chi connectivity index (χ3n) is 8.26. The van der Waals surface area contributed by atoms with Gasteiger partial charge in [-0.15, -0.1) is 0 Å². The second-order valence-electron chi connectivity index (χ2n) is 11.5. The van der Waals surface area contributed by atoms with Crippen molar-refractivity contribution >= 4 is 17.5 Å². The van der Waals surface area contributed by atoms with Crippen molar-refractivity contribution in [3.05, 3.63) is 83.0 Å². The minimum Gasteiger partial charge on any atom is -0.478 e. The molecular weight excluding hydrogens is 572 g/mol. The lowest BCUT2D eigenvalue weighted by atomic mass is 9.81. The fourth-order valence-electron chi connectivity index (χ4n) is 5.48. The van der Waals surface area contributed by atoms with E-state index in [0.29, 0.717) is 48.4 Å². The quantitative estimate of drug-likeness (QED) is 0.158. The molecular formula is C34H40N6O5. The minimum atomic E-state index is -0.789. The zero-order chi connectivity index (χ0) is 31.6. The topological polar surface area (TPSA) is 165 Å². The molecule has 0 bridgehead atoms. The van der Waals surface area contributed by atoms with E-state index in [-0.39, 0.29) is 17.7 Å². The number of pyridine rings is 1. The molecule has 1 saturated carbocycles. The first-order chi connectivity index (χ1) is 21.9. The van der Waals surface area contributed by atoms with Crippen molar-refractivity contribution in [3.63, 3.8) is 0 Å². The number of H-pyrrole nitrogens is 1. The van der Waals surface area contributed by atoms with Crippen LogP contribution in [0.2, 0.25) is 0 Å². The first-order valence-electron chi connectivity index (χ1n) is 15.6. The van der Waals surface area contributed by atoms with E-state index in [1.165, 1.54) is 0 Å². The summed E-state index contributed by atoms with van der Waals surface area (Å²) in [4.78, 5) is 45.1. The van der Waals surface area contributed by atoms with Gasteiger partial charge in [0, 0.05) is 41.4 Å². The van der Waals surface area contributed by atoms with Crippen molar-refractivity contribution in [1.29, 1.82) is 0 Å². The largest absolute Gasteiger partial charge is 0.478 e. The Bertz CT molecular complexity index is 1590. The average molecular weight is 613 g/mol. The zero-order valence-electron chi connectivity index (χ0n) is 25.5. The lowest BCUT2D eigenvalue weighted by Gasteiger charge is -2.28. The van der Waals surface area contributed by atoms with Crippen molar-refractivity contribution in [2.24, 2.45) is 17.6 Å².